The van der Waals surface area contributed by atoms with E-state index in [0.29, 0.717) is 4.70 Å². The van der Waals surface area contributed by atoms with Gasteiger partial charge in [0.05, 0.1) is 6.61 Å². The summed E-state index contributed by atoms with van der Waals surface area (Å²) in [5.74, 6) is -0.433. The smallest absolute Gasteiger partial charge is 0.172 e. The fourth-order valence-corrected chi connectivity index (χ4v) is 2.20. The molecule has 0 aliphatic heterocycles. The minimum atomic E-state index is -0.433. The molecule has 4 heteroatoms. The molecular weight excluding hydrogens is 191 g/mol. The van der Waals surface area contributed by atoms with Crippen molar-refractivity contribution in [1.29, 1.82) is 0 Å². The van der Waals surface area contributed by atoms with E-state index in [1.807, 2.05) is 0 Å². The summed E-state index contributed by atoms with van der Waals surface area (Å²) < 4.78 is 13.7. The number of rotatable bonds is 1. The molecule has 0 spiro atoms. The number of thiophene rings is 1. The summed E-state index contributed by atoms with van der Waals surface area (Å²) in [5, 5.41) is 19.0. The molecule has 2 N–H and O–H groups in total. The molecule has 2 aromatic rings. The van der Waals surface area contributed by atoms with Gasteiger partial charge >= 0.3 is 0 Å². The molecule has 1 aromatic carbocycles. The van der Waals surface area contributed by atoms with Crippen molar-refractivity contribution in [2.24, 2.45) is 0 Å². The van der Waals surface area contributed by atoms with Crippen LogP contribution in [-0.2, 0) is 6.61 Å². The average molecular weight is 198 g/mol. The van der Waals surface area contributed by atoms with Crippen molar-refractivity contribution < 1.29 is 14.6 Å². The number of halogens is 1. The fourth-order valence-electron chi connectivity index (χ4n) is 1.27. The van der Waals surface area contributed by atoms with Crippen molar-refractivity contribution in [2.45, 2.75) is 6.61 Å². The van der Waals surface area contributed by atoms with E-state index in [0.717, 1.165) is 16.7 Å². The van der Waals surface area contributed by atoms with Crippen LogP contribution in [0.3, 0.4) is 0 Å². The summed E-state index contributed by atoms with van der Waals surface area (Å²) in [6.07, 6.45) is 0. The first-order chi connectivity index (χ1) is 6.22. The summed E-state index contributed by atoms with van der Waals surface area (Å²) in [4.78, 5) is 0. The molecule has 0 saturated heterocycles. The molecule has 13 heavy (non-hydrogen) atoms. The van der Waals surface area contributed by atoms with Crippen LogP contribution < -0.4 is 0 Å². The largest absolute Gasteiger partial charge is 0.499 e. The Morgan fingerprint density at radius 1 is 1.38 bits per heavy atom. The number of aliphatic hydroxyl groups excluding tert-OH is 1. The summed E-state index contributed by atoms with van der Waals surface area (Å²) in [7, 11) is 0. The molecule has 0 bridgehead atoms. The zero-order chi connectivity index (χ0) is 9.42. The van der Waals surface area contributed by atoms with Crippen molar-refractivity contribution in [3.8, 4) is 5.06 Å². The molecule has 0 amide bonds. The van der Waals surface area contributed by atoms with Gasteiger partial charge in [-0.05, 0) is 17.5 Å². The predicted molar refractivity (Wildman–Crippen MR) is 49.4 cm³/mol. The summed E-state index contributed by atoms with van der Waals surface area (Å²) >= 11 is 1.07. The Balaban J connectivity index is 2.82. The second kappa shape index (κ2) is 2.97. The van der Waals surface area contributed by atoms with Crippen molar-refractivity contribution >= 4 is 21.4 Å². The van der Waals surface area contributed by atoms with E-state index in [9.17, 15) is 9.50 Å². The Labute approximate surface area is 77.9 Å². The highest BCUT2D eigenvalue weighted by atomic mass is 32.1. The third-order valence-corrected chi connectivity index (χ3v) is 2.89. The molecule has 2 rings (SSSR count). The van der Waals surface area contributed by atoms with Crippen LogP contribution in [0.2, 0.25) is 0 Å². The van der Waals surface area contributed by atoms with Gasteiger partial charge in [0.1, 0.15) is 5.82 Å². The summed E-state index contributed by atoms with van der Waals surface area (Å²) in [5.41, 5.74) is 0.253. The van der Waals surface area contributed by atoms with Gasteiger partial charge in [-0.1, -0.05) is 17.4 Å². The third kappa shape index (κ3) is 1.28. The topological polar surface area (TPSA) is 40.5 Å². The van der Waals surface area contributed by atoms with Gasteiger partial charge in [0.25, 0.3) is 0 Å². The molecule has 0 radical (unpaired) electrons. The van der Waals surface area contributed by atoms with Crippen LogP contribution in [0.25, 0.3) is 10.1 Å². The van der Waals surface area contributed by atoms with Gasteiger partial charge in [-0.2, -0.15) is 0 Å². The van der Waals surface area contributed by atoms with E-state index < -0.39 is 5.82 Å². The normalized spacial score (nSPS) is 10.9. The molecular formula is C9H7FO2S. The third-order valence-electron chi connectivity index (χ3n) is 1.88. The van der Waals surface area contributed by atoms with Crippen molar-refractivity contribution in [2.75, 3.05) is 0 Å². The second-order valence-electron chi connectivity index (χ2n) is 2.69. The van der Waals surface area contributed by atoms with Crippen molar-refractivity contribution in [3.63, 3.8) is 0 Å². The highest BCUT2D eigenvalue weighted by Crippen LogP contribution is 2.34. The van der Waals surface area contributed by atoms with Gasteiger partial charge in [-0.15, -0.1) is 0 Å². The van der Waals surface area contributed by atoms with Crippen molar-refractivity contribution in [3.05, 3.63) is 29.6 Å². The standard InChI is InChI=1S/C9H7FO2S/c10-7-2-1-5-3-8(12)13-9(5)6(7)4-11/h1-3,11-12H,4H2. The van der Waals surface area contributed by atoms with Gasteiger partial charge in [-0.3, -0.25) is 0 Å². The zero-order valence-electron chi connectivity index (χ0n) is 6.62. The monoisotopic (exact) mass is 198 g/mol. The van der Waals surface area contributed by atoms with Crippen LogP contribution in [-0.4, -0.2) is 10.2 Å². The number of benzene rings is 1. The maximum Gasteiger partial charge on any atom is 0.172 e. The molecule has 68 valence electrons. The SMILES string of the molecule is OCc1c(F)ccc2cc(O)sc12. The molecule has 0 aliphatic carbocycles. The zero-order valence-corrected chi connectivity index (χ0v) is 7.44. The van der Waals surface area contributed by atoms with E-state index in [1.54, 1.807) is 12.1 Å². The number of aliphatic hydroxyl groups is 1. The van der Waals surface area contributed by atoms with Crippen LogP contribution >= 0.6 is 11.3 Å². The van der Waals surface area contributed by atoms with Crippen LogP contribution in [0.5, 0.6) is 5.06 Å². The Hall–Kier alpha value is -1.13. The van der Waals surface area contributed by atoms with Gasteiger partial charge in [0.15, 0.2) is 5.06 Å². The van der Waals surface area contributed by atoms with Gasteiger partial charge in [-0.25, -0.2) is 4.39 Å². The van der Waals surface area contributed by atoms with Gasteiger partial charge in [0, 0.05) is 10.3 Å². The maximum atomic E-state index is 13.1. The molecule has 0 unspecified atom stereocenters. The van der Waals surface area contributed by atoms with E-state index in [2.05, 4.69) is 0 Å². The van der Waals surface area contributed by atoms with E-state index in [-0.39, 0.29) is 17.2 Å². The lowest BCUT2D eigenvalue weighted by Gasteiger charge is -1.99. The summed E-state index contributed by atoms with van der Waals surface area (Å²) in [6.45, 7) is -0.344. The Kier molecular flexibility index (Phi) is 1.94. The molecule has 0 aliphatic rings. The average Bonchev–Trinajstić information content (AvgIpc) is 2.45. The Morgan fingerprint density at radius 3 is 2.85 bits per heavy atom. The van der Waals surface area contributed by atoms with Crippen LogP contribution in [0.15, 0.2) is 18.2 Å². The highest BCUT2D eigenvalue weighted by molar-refractivity contribution is 7.20. The minimum absolute atomic E-state index is 0.135. The van der Waals surface area contributed by atoms with E-state index in [1.165, 1.54) is 6.07 Å². The number of fused-ring (bicyclic) bond motifs is 1. The van der Waals surface area contributed by atoms with Crippen molar-refractivity contribution in [1.82, 2.24) is 0 Å². The number of hydrogen-bond donors (Lipinski definition) is 2. The quantitative estimate of drug-likeness (QED) is 0.737. The lowest BCUT2D eigenvalue weighted by atomic mass is 10.1. The second-order valence-corrected chi connectivity index (χ2v) is 3.72. The molecule has 0 saturated carbocycles. The lowest BCUT2D eigenvalue weighted by molar-refractivity contribution is 0.277. The summed E-state index contributed by atoms with van der Waals surface area (Å²) in [6, 6.07) is 4.43. The molecule has 0 fully saturated rings. The first kappa shape index (κ1) is 8.47. The Morgan fingerprint density at radius 2 is 2.15 bits per heavy atom. The number of aromatic hydroxyl groups is 1. The van der Waals surface area contributed by atoms with Crippen LogP contribution in [0, 0.1) is 5.82 Å². The highest BCUT2D eigenvalue weighted by Gasteiger charge is 2.09. The molecule has 2 nitrogen and oxygen atoms in total. The fraction of sp³-hybridized carbons (Fsp3) is 0.111. The molecule has 1 aromatic heterocycles. The first-order valence-corrected chi connectivity index (χ1v) is 4.55. The van der Waals surface area contributed by atoms with Gasteiger partial charge < -0.3 is 10.2 Å². The number of hydrogen-bond acceptors (Lipinski definition) is 3. The predicted octanol–water partition coefficient (Wildman–Crippen LogP) is 2.24. The van der Waals surface area contributed by atoms with Gasteiger partial charge in [0.2, 0.25) is 0 Å². The molecule has 0 atom stereocenters. The van der Waals surface area contributed by atoms with Crippen LogP contribution in [0.4, 0.5) is 4.39 Å². The lowest BCUT2D eigenvalue weighted by Crippen LogP contribution is -1.88. The van der Waals surface area contributed by atoms with Crippen LogP contribution in [0.1, 0.15) is 5.56 Å². The minimum Gasteiger partial charge on any atom is -0.499 e. The Bertz CT molecular complexity index is 450. The maximum absolute atomic E-state index is 13.1. The molecule has 1 heterocycles. The first-order valence-electron chi connectivity index (χ1n) is 3.73. The van der Waals surface area contributed by atoms with E-state index >= 15 is 0 Å². The van der Waals surface area contributed by atoms with E-state index in [4.69, 9.17) is 5.11 Å².